The van der Waals surface area contributed by atoms with Gasteiger partial charge in [-0.05, 0) is 30.4 Å². The summed E-state index contributed by atoms with van der Waals surface area (Å²) in [5.74, 6) is 2.56. The number of aryl methyl sites for hydroxylation is 1. The minimum Gasteiger partial charge on any atom is -0.339 e. The first-order valence-electron chi connectivity index (χ1n) is 6.32. The molecular formula is C14H15ClN2O. The van der Waals surface area contributed by atoms with Crippen molar-refractivity contribution in [1.29, 1.82) is 0 Å². The van der Waals surface area contributed by atoms with Crippen LogP contribution in [0.5, 0.6) is 0 Å². The highest BCUT2D eigenvalue weighted by Crippen LogP contribution is 2.32. The molecule has 3 nitrogen and oxygen atoms in total. The third-order valence-electron chi connectivity index (χ3n) is 3.42. The van der Waals surface area contributed by atoms with Crippen molar-refractivity contribution in [1.82, 2.24) is 10.1 Å². The molecule has 0 atom stereocenters. The van der Waals surface area contributed by atoms with Crippen molar-refractivity contribution >= 4 is 11.6 Å². The Morgan fingerprint density at radius 1 is 1.22 bits per heavy atom. The summed E-state index contributed by atoms with van der Waals surface area (Å²) >= 11 is 5.66. The lowest BCUT2D eigenvalue weighted by atomic mass is 10.1. The van der Waals surface area contributed by atoms with Crippen LogP contribution in [-0.4, -0.2) is 16.0 Å². The maximum absolute atomic E-state index is 5.66. The number of nitrogens with zero attached hydrogens (tertiary/aromatic N) is 2. The van der Waals surface area contributed by atoms with Crippen LogP contribution in [0.3, 0.4) is 0 Å². The van der Waals surface area contributed by atoms with Gasteiger partial charge in [0.15, 0.2) is 5.82 Å². The van der Waals surface area contributed by atoms with Gasteiger partial charge in [0, 0.05) is 18.2 Å². The Bertz CT molecular complexity index is 513. The molecular weight excluding hydrogens is 248 g/mol. The van der Waals surface area contributed by atoms with E-state index in [1.165, 1.54) is 11.1 Å². The molecule has 1 aliphatic carbocycles. The molecule has 0 saturated heterocycles. The molecule has 1 heterocycles. The third kappa shape index (κ3) is 2.27. The Balaban J connectivity index is 1.72. The summed E-state index contributed by atoms with van der Waals surface area (Å²) in [5, 5.41) is 4.10. The highest BCUT2D eigenvalue weighted by atomic mass is 35.5. The molecule has 0 spiro atoms. The highest BCUT2D eigenvalue weighted by Gasteiger charge is 2.26. The summed E-state index contributed by atoms with van der Waals surface area (Å²) in [6.07, 6.45) is 3.69. The van der Waals surface area contributed by atoms with Crippen LogP contribution in [0.15, 0.2) is 28.8 Å². The van der Waals surface area contributed by atoms with Crippen molar-refractivity contribution in [2.45, 2.75) is 31.6 Å². The van der Waals surface area contributed by atoms with Crippen LogP contribution < -0.4 is 0 Å². The lowest BCUT2D eigenvalue weighted by molar-refractivity contribution is 0.369. The zero-order valence-electron chi connectivity index (χ0n) is 10.1. The number of halogens is 1. The van der Waals surface area contributed by atoms with Gasteiger partial charge in [0.1, 0.15) is 0 Å². The second kappa shape index (κ2) is 5.11. The van der Waals surface area contributed by atoms with Gasteiger partial charge in [-0.1, -0.05) is 29.4 Å². The predicted octanol–water partition coefficient (Wildman–Crippen LogP) is 3.12. The Labute approximate surface area is 111 Å². The number of hydrogen-bond acceptors (Lipinski definition) is 3. The minimum absolute atomic E-state index is 0.371. The number of rotatable bonds is 4. The molecule has 4 heteroatoms. The maximum atomic E-state index is 5.66. The lowest BCUT2D eigenvalue weighted by Crippen LogP contribution is -2.00. The first kappa shape index (κ1) is 11.7. The van der Waals surface area contributed by atoms with Crippen LogP contribution in [-0.2, 0) is 19.3 Å². The summed E-state index contributed by atoms with van der Waals surface area (Å²) < 4.78 is 5.26. The van der Waals surface area contributed by atoms with Gasteiger partial charge >= 0.3 is 0 Å². The predicted molar refractivity (Wildman–Crippen MR) is 69.9 cm³/mol. The number of benzene rings is 1. The lowest BCUT2D eigenvalue weighted by Gasteiger charge is -2.00. The van der Waals surface area contributed by atoms with E-state index < -0.39 is 0 Å². The van der Waals surface area contributed by atoms with Crippen LogP contribution >= 0.6 is 11.6 Å². The molecule has 0 bridgehead atoms. The molecule has 0 amide bonds. The Morgan fingerprint density at radius 3 is 2.61 bits per heavy atom. The number of aromatic nitrogens is 2. The fourth-order valence-electron chi connectivity index (χ4n) is 2.49. The summed E-state index contributed by atoms with van der Waals surface area (Å²) in [5.41, 5.74) is 2.82. The summed E-state index contributed by atoms with van der Waals surface area (Å²) in [4.78, 5) is 4.48. The van der Waals surface area contributed by atoms with Gasteiger partial charge in [-0.3, -0.25) is 0 Å². The van der Waals surface area contributed by atoms with E-state index in [2.05, 4.69) is 34.4 Å². The molecule has 0 unspecified atom stereocenters. The van der Waals surface area contributed by atoms with Crippen LogP contribution in [0, 0.1) is 0 Å². The Kier molecular flexibility index (Phi) is 3.33. The quantitative estimate of drug-likeness (QED) is 0.795. The molecule has 0 N–H and O–H groups in total. The Hall–Kier alpha value is -1.35. The van der Waals surface area contributed by atoms with Gasteiger partial charge in [0.25, 0.3) is 0 Å². The van der Waals surface area contributed by atoms with Crippen molar-refractivity contribution in [2.75, 3.05) is 5.88 Å². The molecule has 94 valence electrons. The molecule has 3 rings (SSSR count). The zero-order chi connectivity index (χ0) is 12.4. The minimum atomic E-state index is 0.371. The van der Waals surface area contributed by atoms with E-state index in [1.54, 1.807) is 0 Å². The van der Waals surface area contributed by atoms with Crippen molar-refractivity contribution in [3.8, 4) is 0 Å². The molecule has 2 aromatic rings. The van der Waals surface area contributed by atoms with Gasteiger partial charge in [-0.15, -0.1) is 11.6 Å². The molecule has 0 aliphatic heterocycles. The topological polar surface area (TPSA) is 38.9 Å². The van der Waals surface area contributed by atoms with E-state index in [4.69, 9.17) is 16.1 Å². The Morgan fingerprint density at radius 2 is 1.94 bits per heavy atom. The molecule has 0 saturated carbocycles. The second-order valence-electron chi connectivity index (χ2n) is 4.71. The largest absolute Gasteiger partial charge is 0.339 e. The zero-order valence-corrected chi connectivity index (χ0v) is 10.9. The van der Waals surface area contributed by atoms with E-state index >= 15 is 0 Å². The van der Waals surface area contributed by atoms with Gasteiger partial charge in [0.05, 0.1) is 0 Å². The van der Waals surface area contributed by atoms with Crippen LogP contribution in [0.1, 0.15) is 35.2 Å². The molecule has 1 aromatic heterocycles. The highest BCUT2D eigenvalue weighted by molar-refractivity contribution is 6.17. The summed E-state index contributed by atoms with van der Waals surface area (Å²) in [6.45, 7) is 0. The van der Waals surface area contributed by atoms with Crippen molar-refractivity contribution in [2.24, 2.45) is 0 Å². The monoisotopic (exact) mass is 262 g/mol. The van der Waals surface area contributed by atoms with Crippen LogP contribution in [0.4, 0.5) is 0 Å². The number of fused-ring (bicyclic) bond motifs is 1. The van der Waals surface area contributed by atoms with Crippen molar-refractivity contribution < 1.29 is 4.52 Å². The van der Waals surface area contributed by atoms with Crippen LogP contribution in [0.25, 0.3) is 0 Å². The summed E-state index contributed by atoms with van der Waals surface area (Å²) in [6, 6.07) is 8.54. The number of alkyl halides is 1. The standard InChI is InChI=1S/C14H15ClN2O/c15-7-3-6-13-16-14(17-18-13)12-8-10-4-1-2-5-11(10)9-12/h1-2,4-5,12H,3,6-9H2. The first-order valence-corrected chi connectivity index (χ1v) is 6.85. The normalized spacial score (nSPS) is 14.9. The van der Waals surface area contributed by atoms with Gasteiger partial charge in [0.2, 0.25) is 5.89 Å². The fraction of sp³-hybridized carbons (Fsp3) is 0.429. The fourth-order valence-corrected chi connectivity index (χ4v) is 2.63. The molecule has 0 fully saturated rings. The van der Waals surface area contributed by atoms with Crippen molar-refractivity contribution in [3.05, 3.63) is 47.1 Å². The van der Waals surface area contributed by atoms with E-state index in [0.717, 1.165) is 31.5 Å². The van der Waals surface area contributed by atoms with Gasteiger partial charge in [-0.25, -0.2) is 0 Å². The van der Waals surface area contributed by atoms with E-state index in [0.29, 0.717) is 17.7 Å². The summed E-state index contributed by atoms with van der Waals surface area (Å²) in [7, 11) is 0. The first-order chi connectivity index (χ1) is 8.86. The molecule has 18 heavy (non-hydrogen) atoms. The van der Waals surface area contributed by atoms with E-state index in [9.17, 15) is 0 Å². The maximum Gasteiger partial charge on any atom is 0.226 e. The SMILES string of the molecule is ClCCCc1nc(C2Cc3ccccc3C2)no1. The number of hydrogen-bond donors (Lipinski definition) is 0. The van der Waals surface area contributed by atoms with E-state index in [1.807, 2.05) is 0 Å². The molecule has 1 aromatic carbocycles. The average molecular weight is 263 g/mol. The smallest absolute Gasteiger partial charge is 0.226 e. The van der Waals surface area contributed by atoms with Crippen LogP contribution in [0.2, 0.25) is 0 Å². The third-order valence-corrected chi connectivity index (χ3v) is 3.69. The molecule has 1 aliphatic rings. The molecule has 0 radical (unpaired) electrons. The van der Waals surface area contributed by atoms with Gasteiger partial charge < -0.3 is 4.52 Å². The van der Waals surface area contributed by atoms with Crippen molar-refractivity contribution in [3.63, 3.8) is 0 Å². The van der Waals surface area contributed by atoms with Gasteiger partial charge in [-0.2, -0.15) is 4.98 Å². The van der Waals surface area contributed by atoms with E-state index in [-0.39, 0.29) is 0 Å². The average Bonchev–Trinajstić information content (AvgIpc) is 3.02. The second-order valence-corrected chi connectivity index (χ2v) is 5.09.